The Balaban J connectivity index is 2.47. The number of carbonyl (C=O) groups excluding carboxylic acids is 3. The van der Waals surface area contributed by atoms with Gasteiger partial charge in [0.2, 0.25) is 11.8 Å². The van der Waals surface area contributed by atoms with E-state index < -0.39 is 17.9 Å². The van der Waals surface area contributed by atoms with Crippen LogP contribution < -0.4 is 5.32 Å². The van der Waals surface area contributed by atoms with Crippen molar-refractivity contribution in [2.24, 2.45) is 5.92 Å². The van der Waals surface area contributed by atoms with Crippen LogP contribution in [0.4, 0.5) is 4.79 Å². The molecular weight excluding hydrogens is 270 g/mol. The molecule has 0 aliphatic carbocycles. The molecule has 0 radical (unpaired) electrons. The van der Waals surface area contributed by atoms with Crippen molar-refractivity contribution in [3.8, 4) is 0 Å². The second-order valence-electron chi connectivity index (χ2n) is 5.91. The Hall–Kier alpha value is -1.43. The molecule has 1 atom stereocenters. The summed E-state index contributed by atoms with van der Waals surface area (Å²) in [5.41, 5.74) is 0. The normalized spacial score (nSPS) is 19.6. The second kappa shape index (κ2) is 8.12. The third-order valence-electron chi connectivity index (χ3n) is 3.96. The number of urea groups is 1. The van der Waals surface area contributed by atoms with Gasteiger partial charge in [-0.05, 0) is 46.7 Å². The van der Waals surface area contributed by atoms with Gasteiger partial charge in [-0.25, -0.2) is 4.79 Å². The fourth-order valence-electron chi connectivity index (χ4n) is 2.30. The average Bonchev–Trinajstić information content (AvgIpc) is 2.41. The molecule has 1 unspecified atom stereocenters. The maximum Gasteiger partial charge on any atom is 0.330 e. The fourth-order valence-corrected chi connectivity index (χ4v) is 2.30. The predicted molar refractivity (Wildman–Crippen MR) is 80.6 cm³/mol. The lowest BCUT2D eigenvalue weighted by molar-refractivity contribution is -0.142. The van der Waals surface area contributed by atoms with Crippen LogP contribution in [0, 0.1) is 5.92 Å². The van der Waals surface area contributed by atoms with Crippen molar-refractivity contribution in [1.29, 1.82) is 0 Å². The van der Waals surface area contributed by atoms with Crippen molar-refractivity contribution in [3.05, 3.63) is 0 Å². The number of nitrogens with one attached hydrogen (secondary N) is 1. The Kier molecular flexibility index (Phi) is 6.81. The van der Waals surface area contributed by atoms with Crippen molar-refractivity contribution < 1.29 is 14.4 Å². The molecule has 1 fully saturated rings. The van der Waals surface area contributed by atoms with E-state index >= 15 is 0 Å². The number of carbonyl (C=O) groups is 3. The third-order valence-corrected chi connectivity index (χ3v) is 3.96. The molecule has 1 aliphatic heterocycles. The molecule has 1 rings (SSSR count). The molecule has 120 valence electrons. The molecule has 0 aromatic heterocycles. The van der Waals surface area contributed by atoms with E-state index in [1.54, 1.807) is 0 Å². The molecule has 1 heterocycles. The molecule has 0 spiro atoms. The molecule has 0 bridgehead atoms. The van der Waals surface area contributed by atoms with E-state index in [9.17, 15) is 14.4 Å². The number of amides is 4. The zero-order valence-corrected chi connectivity index (χ0v) is 13.5. The van der Waals surface area contributed by atoms with Crippen LogP contribution in [0.25, 0.3) is 0 Å². The van der Waals surface area contributed by atoms with Gasteiger partial charge in [-0.1, -0.05) is 13.3 Å². The standard InChI is InChI=1S/C15H27N3O3/c1-5-8-12-13(19)16-15(21)18(14(12)20)10-7-6-9-17(4)11(2)3/h11-12H,5-10H2,1-4H3,(H,16,19,21). The molecule has 1 N–H and O–H groups in total. The predicted octanol–water partition coefficient (Wildman–Crippen LogP) is 1.60. The van der Waals surface area contributed by atoms with Gasteiger partial charge in [0.05, 0.1) is 0 Å². The van der Waals surface area contributed by atoms with Crippen LogP contribution in [-0.4, -0.2) is 53.8 Å². The van der Waals surface area contributed by atoms with Gasteiger partial charge in [-0.2, -0.15) is 0 Å². The molecule has 1 saturated heterocycles. The van der Waals surface area contributed by atoms with Crippen molar-refractivity contribution in [2.75, 3.05) is 20.1 Å². The van der Waals surface area contributed by atoms with Crippen LogP contribution in [0.1, 0.15) is 46.5 Å². The van der Waals surface area contributed by atoms with E-state index in [-0.39, 0.29) is 5.91 Å². The summed E-state index contributed by atoms with van der Waals surface area (Å²) in [5.74, 6) is -1.50. The number of nitrogens with zero attached hydrogens (tertiary/aromatic N) is 2. The third kappa shape index (κ3) is 4.81. The number of unbranched alkanes of at least 4 members (excludes halogenated alkanes) is 1. The number of imide groups is 2. The molecule has 0 aromatic rings. The van der Waals surface area contributed by atoms with E-state index in [0.29, 0.717) is 19.0 Å². The van der Waals surface area contributed by atoms with Crippen LogP contribution in [0.3, 0.4) is 0 Å². The molecule has 1 aliphatic rings. The SMILES string of the molecule is CCCC1C(=O)NC(=O)N(CCCCN(C)C(C)C)C1=O. The van der Waals surface area contributed by atoms with Crippen LogP contribution in [0.5, 0.6) is 0 Å². The Labute approximate surface area is 126 Å². The van der Waals surface area contributed by atoms with Gasteiger partial charge >= 0.3 is 6.03 Å². The maximum absolute atomic E-state index is 12.2. The van der Waals surface area contributed by atoms with E-state index in [1.165, 1.54) is 4.90 Å². The monoisotopic (exact) mass is 297 g/mol. The van der Waals surface area contributed by atoms with Crippen molar-refractivity contribution in [1.82, 2.24) is 15.1 Å². The van der Waals surface area contributed by atoms with Gasteiger partial charge in [-0.3, -0.25) is 19.8 Å². The Bertz CT molecular complexity index is 396. The summed E-state index contributed by atoms with van der Waals surface area (Å²) in [6.45, 7) is 7.48. The van der Waals surface area contributed by atoms with Crippen molar-refractivity contribution in [2.45, 2.75) is 52.5 Å². The smallest absolute Gasteiger partial charge is 0.304 e. The zero-order chi connectivity index (χ0) is 16.0. The van der Waals surface area contributed by atoms with Gasteiger partial charge in [0.1, 0.15) is 5.92 Å². The van der Waals surface area contributed by atoms with Gasteiger partial charge in [0, 0.05) is 12.6 Å². The zero-order valence-electron chi connectivity index (χ0n) is 13.5. The largest absolute Gasteiger partial charge is 0.330 e. The molecule has 0 saturated carbocycles. The maximum atomic E-state index is 12.2. The highest BCUT2D eigenvalue weighted by Crippen LogP contribution is 2.16. The summed E-state index contributed by atoms with van der Waals surface area (Å²) in [7, 11) is 2.05. The summed E-state index contributed by atoms with van der Waals surface area (Å²) in [6, 6.07) is -0.0916. The quantitative estimate of drug-likeness (QED) is 0.546. The number of hydrogen-bond acceptors (Lipinski definition) is 4. The van der Waals surface area contributed by atoms with E-state index in [4.69, 9.17) is 0 Å². The van der Waals surface area contributed by atoms with E-state index in [1.807, 2.05) is 6.92 Å². The molecule has 6 heteroatoms. The lowest BCUT2D eigenvalue weighted by Crippen LogP contribution is -2.58. The number of hydrogen-bond donors (Lipinski definition) is 1. The van der Waals surface area contributed by atoms with Crippen LogP contribution in [0.15, 0.2) is 0 Å². The minimum absolute atomic E-state index is 0.345. The average molecular weight is 297 g/mol. The molecule has 0 aromatic carbocycles. The van der Waals surface area contributed by atoms with Crippen LogP contribution >= 0.6 is 0 Å². The first kappa shape index (κ1) is 17.6. The first-order chi connectivity index (χ1) is 9.88. The Morgan fingerprint density at radius 2 is 1.90 bits per heavy atom. The van der Waals surface area contributed by atoms with Gasteiger partial charge in [0.25, 0.3) is 0 Å². The van der Waals surface area contributed by atoms with Gasteiger partial charge in [-0.15, -0.1) is 0 Å². The van der Waals surface area contributed by atoms with E-state index in [0.717, 1.165) is 25.8 Å². The van der Waals surface area contributed by atoms with Crippen LogP contribution in [0.2, 0.25) is 0 Å². The topological polar surface area (TPSA) is 69.7 Å². The molecule has 6 nitrogen and oxygen atoms in total. The summed E-state index contributed by atoms with van der Waals surface area (Å²) in [6.07, 6.45) is 2.90. The highest BCUT2D eigenvalue weighted by Gasteiger charge is 2.39. The Morgan fingerprint density at radius 3 is 2.48 bits per heavy atom. The number of barbiturate groups is 1. The number of rotatable bonds is 8. The highest BCUT2D eigenvalue weighted by molar-refractivity contribution is 6.16. The second-order valence-corrected chi connectivity index (χ2v) is 5.91. The van der Waals surface area contributed by atoms with Crippen LogP contribution in [-0.2, 0) is 9.59 Å². The first-order valence-electron chi connectivity index (χ1n) is 7.74. The molecular formula is C15H27N3O3. The summed E-state index contributed by atoms with van der Waals surface area (Å²) >= 11 is 0. The van der Waals surface area contributed by atoms with Gasteiger partial charge in [0.15, 0.2) is 0 Å². The molecule has 21 heavy (non-hydrogen) atoms. The van der Waals surface area contributed by atoms with Gasteiger partial charge < -0.3 is 4.90 Å². The lowest BCUT2D eigenvalue weighted by Gasteiger charge is -2.30. The summed E-state index contributed by atoms with van der Waals surface area (Å²) in [5, 5.41) is 2.28. The van der Waals surface area contributed by atoms with E-state index in [2.05, 4.69) is 31.1 Å². The molecule has 4 amide bonds. The van der Waals surface area contributed by atoms with Crippen molar-refractivity contribution in [3.63, 3.8) is 0 Å². The lowest BCUT2D eigenvalue weighted by atomic mass is 9.99. The highest BCUT2D eigenvalue weighted by atomic mass is 16.2. The first-order valence-corrected chi connectivity index (χ1v) is 7.74. The minimum atomic E-state index is -0.703. The fraction of sp³-hybridized carbons (Fsp3) is 0.800. The minimum Gasteiger partial charge on any atom is -0.304 e. The Morgan fingerprint density at radius 1 is 1.24 bits per heavy atom. The summed E-state index contributed by atoms with van der Waals surface area (Å²) < 4.78 is 0. The van der Waals surface area contributed by atoms with Crippen molar-refractivity contribution >= 4 is 17.8 Å². The summed E-state index contributed by atoms with van der Waals surface area (Å²) in [4.78, 5) is 39.0.